The molecule has 7 nitrogen and oxygen atoms in total. The van der Waals surface area contributed by atoms with Crippen molar-refractivity contribution in [1.82, 2.24) is 25.2 Å². The Morgan fingerprint density at radius 2 is 2.00 bits per heavy atom. The second-order valence-corrected chi connectivity index (χ2v) is 7.78. The highest BCUT2D eigenvalue weighted by molar-refractivity contribution is 5.73. The Morgan fingerprint density at radius 1 is 1.23 bits per heavy atom. The number of carboxylic acid groups (broad SMARTS) is 1. The summed E-state index contributed by atoms with van der Waals surface area (Å²) in [5.74, 6) is -1.19. The highest BCUT2D eigenvalue weighted by Gasteiger charge is 2.31. The monoisotopic (exact) mass is 409 g/mol. The topological polar surface area (TPSA) is 83.3 Å². The van der Waals surface area contributed by atoms with E-state index in [-0.39, 0.29) is 11.9 Å². The first-order valence-electron chi connectivity index (χ1n) is 9.88. The second kappa shape index (κ2) is 8.73. The number of rotatable bonds is 7. The van der Waals surface area contributed by atoms with Gasteiger partial charge in [-0.15, -0.1) is 5.10 Å². The van der Waals surface area contributed by atoms with Crippen LogP contribution in [0.2, 0.25) is 0 Å². The summed E-state index contributed by atoms with van der Waals surface area (Å²) in [5.41, 5.74) is 3.28. The van der Waals surface area contributed by atoms with Crippen LogP contribution in [0.1, 0.15) is 23.6 Å². The molecule has 1 saturated heterocycles. The van der Waals surface area contributed by atoms with Crippen LogP contribution in [0.3, 0.4) is 0 Å². The summed E-state index contributed by atoms with van der Waals surface area (Å²) in [6.45, 7) is 1.88. The molecule has 30 heavy (non-hydrogen) atoms. The molecule has 0 aliphatic carbocycles. The molecule has 8 heteroatoms. The van der Waals surface area contributed by atoms with Crippen LogP contribution in [0.15, 0.2) is 54.7 Å². The van der Waals surface area contributed by atoms with Crippen LogP contribution in [0.5, 0.6) is 0 Å². The van der Waals surface area contributed by atoms with Crippen LogP contribution in [0.4, 0.5) is 4.39 Å². The Bertz CT molecular complexity index is 1020. The Balaban J connectivity index is 1.47. The third kappa shape index (κ3) is 4.72. The van der Waals surface area contributed by atoms with Crippen LogP contribution >= 0.6 is 0 Å². The fourth-order valence-corrected chi connectivity index (χ4v) is 3.85. The maximum atomic E-state index is 14.3. The number of hydrogen-bond acceptors (Lipinski definition) is 5. The minimum absolute atomic E-state index is 0.0858. The SMILES string of the molecule is CN(Cc1ccccc1)Cc1cc(F)cc(-c2cn([C@@H]3CN[C@H](C(=O)O)C3)nn2)c1. The number of nitrogens with one attached hydrogen (secondary N) is 1. The van der Waals surface area contributed by atoms with E-state index in [1.165, 1.54) is 17.7 Å². The first-order valence-corrected chi connectivity index (χ1v) is 9.88. The van der Waals surface area contributed by atoms with Crippen molar-refractivity contribution in [1.29, 1.82) is 0 Å². The Kier molecular flexibility index (Phi) is 5.87. The molecule has 2 atom stereocenters. The largest absolute Gasteiger partial charge is 0.480 e. The summed E-state index contributed by atoms with van der Waals surface area (Å²) in [6, 6.07) is 14.4. The number of aromatic nitrogens is 3. The van der Waals surface area contributed by atoms with Gasteiger partial charge in [0.25, 0.3) is 0 Å². The first kappa shape index (κ1) is 20.2. The van der Waals surface area contributed by atoms with E-state index in [4.69, 9.17) is 5.11 Å². The predicted molar refractivity (Wildman–Crippen MR) is 110 cm³/mol. The third-order valence-corrected chi connectivity index (χ3v) is 5.29. The summed E-state index contributed by atoms with van der Waals surface area (Å²) in [7, 11) is 2.00. The molecule has 2 aromatic carbocycles. The van der Waals surface area contributed by atoms with Crippen molar-refractivity contribution >= 4 is 5.97 Å². The van der Waals surface area contributed by atoms with E-state index in [1.807, 2.05) is 31.3 Å². The number of nitrogens with zero attached hydrogens (tertiary/aromatic N) is 4. The zero-order valence-electron chi connectivity index (χ0n) is 16.7. The highest BCUT2D eigenvalue weighted by Crippen LogP contribution is 2.24. The third-order valence-electron chi connectivity index (χ3n) is 5.29. The number of hydrogen-bond donors (Lipinski definition) is 2. The second-order valence-electron chi connectivity index (χ2n) is 7.78. The number of halogens is 1. The normalized spacial score (nSPS) is 18.8. The summed E-state index contributed by atoms with van der Waals surface area (Å²) in [5, 5.41) is 20.4. The molecule has 4 rings (SSSR count). The van der Waals surface area contributed by atoms with Gasteiger partial charge in [0.05, 0.1) is 12.2 Å². The van der Waals surface area contributed by atoms with Crippen molar-refractivity contribution in [3.63, 3.8) is 0 Å². The molecule has 0 saturated carbocycles. The molecule has 156 valence electrons. The fourth-order valence-electron chi connectivity index (χ4n) is 3.85. The van der Waals surface area contributed by atoms with Gasteiger partial charge in [0, 0.05) is 25.2 Å². The molecule has 3 aromatic rings. The average Bonchev–Trinajstić information content (AvgIpc) is 3.38. The zero-order valence-corrected chi connectivity index (χ0v) is 16.7. The molecule has 0 spiro atoms. The van der Waals surface area contributed by atoms with E-state index in [2.05, 4.69) is 32.7 Å². The molecule has 2 N–H and O–H groups in total. The van der Waals surface area contributed by atoms with E-state index in [0.717, 1.165) is 12.1 Å². The number of carbonyl (C=O) groups is 1. The van der Waals surface area contributed by atoms with Crippen LogP contribution in [-0.2, 0) is 17.9 Å². The van der Waals surface area contributed by atoms with Gasteiger partial charge in [-0.3, -0.25) is 9.69 Å². The minimum atomic E-state index is -0.868. The standard InChI is InChI=1S/C22H24FN5O2/c1-27(12-15-5-3-2-4-6-15)13-16-7-17(9-18(23)8-16)21-14-28(26-25-21)19-10-20(22(29)30)24-11-19/h2-9,14,19-20,24H,10-13H2,1H3,(H,29,30)/t19-,20-/m0/s1. The van der Waals surface area contributed by atoms with Crippen molar-refractivity contribution in [2.75, 3.05) is 13.6 Å². The molecule has 1 aromatic heterocycles. The molecular weight excluding hydrogens is 385 g/mol. The van der Waals surface area contributed by atoms with E-state index in [9.17, 15) is 9.18 Å². The molecule has 0 radical (unpaired) electrons. The van der Waals surface area contributed by atoms with Gasteiger partial charge in [-0.05, 0) is 42.8 Å². The first-order chi connectivity index (χ1) is 14.5. The molecule has 1 aliphatic heterocycles. The molecule has 0 unspecified atom stereocenters. The fraction of sp³-hybridized carbons (Fsp3) is 0.318. The van der Waals surface area contributed by atoms with Crippen molar-refractivity contribution in [3.05, 3.63) is 71.7 Å². The summed E-state index contributed by atoms with van der Waals surface area (Å²) in [6.07, 6.45) is 2.19. The molecule has 1 aliphatic rings. The van der Waals surface area contributed by atoms with Gasteiger partial charge < -0.3 is 10.4 Å². The van der Waals surface area contributed by atoms with Gasteiger partial charge in [-0.2, -0.15) is 0 Å². The Morgan fingerprint density at radius 3 is 2.73 bits per heavy atom. The lowest BCUT2D eigenvalue weighted by Gasteiger charge is -2.17. The van der Waals surface area contributed by atoms with Gasteiger partial charge in [0.15, 0.2) is 0 Å². The van der Waals surface area contributed by atoms with Gasteiger partial charge >= 0.3 is 5.97 Å². The smallest absolute Gasteiger partial charge is 0.320 e. The summed E-state index contributed by atoms with van der Waals surface area (Å²) in [4.78, 5) is 13.3. The van der Waals surface area contributed by atoms with Crippen molar-refractivity contribution in [2.45, 2.75) is 31.6 Å². The number of benzene rings is 2. The lowest BCUT2D eigenvalue weighted by atomic mass is 10.1. The molecule has 1 fully saturated rings. The molecule has 0 bridgehead atoms. The van der Waals surface area contributed by atoms with Gasteiger partial charge in [-0.1, -0.05) is 35.5 Å². The van der Waals surface area contributed by atoms with Gasteiger partial charge in [0.2, 0.25) is 0 Å². The van der Waals surface area contributed by atoms with Crippen LogP contribution in [0, 0.1) is 5.82 Å². The average molecular weight is 409 g/mol. The lowest BCUT2D eigenvalue weighted by molar-refractivity contribution is -0.139. The van der Waals surface area contributed by atoms with Gasteiger partial charge in [0.1, 0.15) is 17.6 Å². The quantitative estimate of drug-likeness (QED) is 0.624. The van der Waals surface area contributed by atoms with E-state index >= 15 is 0 Å². The molecule has 2 heterocycles. The molecule has 0 amide bonds. The zero-order chi connectivity index (χ0) is 21.1. The number of aliphatic carboxylic acids is 1. The maximum Gasteiger partial charge on any atom is 0.320 e. The van der Waals surface area contributed by atoms with Crippen LogP contribution in [-0.4, -0.2) is 50.6 Å². The summed E-state index contributed by atoms with van der Waals surface area (Å²) < 4.78 is 16.0. The predicted octanol–water partition coefficient (Wildman–Crippen LogP) is 2.70. The lowest BCUT2D eigenvalue weighted by Crippen LogP contribution is -2.29. The Labute approximate surface area is 174 Å². The van der Waals surface area contributed by atoms with Crippen molar-refractivity contribution in [2.24, 2.45) is 0 Å². The van der Waals surface area contributed by atoms with Crippen molar-refractivity contribution < 1.29 is 14.3 Å². The van der Waals surface area contributed by atoms with Crippen LogP contribution < -0.4 is 5.32 Å². The van der Waals surface area contributed by atoms with E-state index in [1.54, 1.807) is 10.9 Å². The van der Waals surface area contributed by atoms with E-state index < -0.39 is 12.0 Å². The maximum absolute atomic E-state index is 14.3. The summed E-state index contributed by atoms with van der Waals surface area (Å²) >= 11 is 0. The highest BCUT2D eigenvalue weighted by atomic mass is 19.1. The van der Waals surface area contributed by atoms with Crippen molar-refractivity contribution in [3.8, 4) is 11.3 Å². The molecular formula is C22H24FN5O2. The number of carboxylic acids is 1. The van der Waals surface area contributed by atoms with Gasteiger partial charge in [-0.25, -0.2) is 9.07 Å². The minimum Gasteiger partial charge on any atom is -0.480 e. The Hall–Kier alpha value is -3.10. The van der Waals surface area contributed by atoms with E-state index in [0.29, 0.717) is 30.8 Å². The van der Waals surface area contributed by atoms with Crippen LogP contribution in [0.25, 0.3) is 11.3 Å².